The van der Waals surface area contributed by atoms with Gasteiger partial charge in [0, 0.05) is 13.5 Å². The Morgan fingerprint density at radius 3 is 1.52 bits per heavy atom. The van der Waals surface area contributed by atoms with Gasteiger partial charge in [0.25, 0.3) is 0 Å². The number of hydrogen-bond acceptors (Lipinski definition) is 9. The minimum absolute atomic E-state index is 0.000340. The number of carboxylic acids is 1. The zero-order chi connectivity index (χ0) is 35.9. The lowest BCUT2D eigenvalue weighted by Gasteiger charge is -2.31. The average Bonchev–Trinajstić information content (AvgIpc) is 2.92. The van der Waals surface area contributed by atoms with Gasteiger partial charge in [-0.1, -0.05) is 48.5 Å². The number of hydrogen-bond donors (Lipinski definition) is 9. The normalized spacial score (nSPS) is 16.8. The van der Waals surface area contributed by atoms with E-state index < -0.39 is 90.8 Å². The standard InChI is InChI=1S/C31H57N5O10/c1-15(2)10-21(35-30(45)28(17(5)6)36-31(46)27(16(3)4)33-20(9)38)23(39)12-25(41)32-19(8)29(44)34-22(11-18(7)14-37)24(40)13-26(42)43/h15-19,21-24,27-28,37,39-40H,10-14H2,1-9H3,(H,32,41)(H,33,38)(H,34,44)(H,35,45)(H,36,46)(H,42,43)/t18-,19+,21+,22+,23+,24-,27-,28-/m1/s1. The van der Waals surface area contributed by atoms with E-state index in [1.54, 1.807) is 34.6 Å². The van der Waals surface area contributed by atoms with Crippen molar-refractivity contribution >= 4 is 35.5 Å². The molecule has 0 fully saturated rings. The highest BCUT2D eigenvalue weighted by atomic mass is 16.4. The molecule has 46 heavy (non-hydrogen) atoms. The molecule has 0 bridgehead atoms. The third-order valence-electron chi connectivity index (χ3n) is 7.38. The van der Waals surface area contributed by atoms with Crippen LogP contribution in [0.5, 0.6) is 0 Å². The fraction of sp³-hybridized carbons (Fsp3) is 0.806. The Kier molecular flexibility index (Phi) is 19.3. The number of carboxylic acid groups (broad SMARTS) is 1. The van der Waals surface area contributed by atoms with Gasteiger partial charge in [-0.2, -0.15) is 0 Å². The highest BCUT2D eigenvalue weighted by Crippen LogP contribution is 2.15. The van der Waals surface area contributed by atoms with Crippen molar-refractivity contribution in [3.05, 3.63) is 0 Å². The Bertz CT molecular complexity index is 1020. The first-order valence-corrected chi connectivity index (χ1v) is 15.9. The molecule has 15 nitrogen and oxygen atoms in total. The van der Waals surface area contributed by atoms with Gasteiger partial charge >= 0.3 is 5.97 Å². The van der Waals surface area contributed by atoms with Crippen molar-refractivity contribution in [1.29, 1.82) is 0 Å². The smallest absolute Gasteiger partial charge is 0.306 e. The largest absolute Gasteiger partial charge is 0.481 e. The van der Waals surface area contributed by atoms with Gasteiger partial charge in [0.1, 0.15) is 18.1 Å². The number of aliphatic carboxylic acids is 1. The molecule has 8 atom stereocenters. The predicted octanol–water partition coefficient (Wildman–Crippen LogP) is -0.587. The molecule has 0 spiro atoms. The maximum absolute atomic E-state index is 13.4. The number of amides is 5. The summed E-state index contributed by atoms with van der Waals surface area (Å²) < 4.78 is 0. The van der Waals surface area contributed by atoms with Crippen molar-refractivity contribution in [3.63, 3.8) is 0 Å². The molecule has 0 rings (SSSR count). The van der Waals surface area contributed by atoms with Gasteiger partial charge in [-0.15, -0.1) is 0 Å². The summed E-state index contributed by atoms with van der Waals surface area (Å²) >= 11 is 0. The van der Waals surface area contributed by atoms with Crippen molar-refractivity contribution in [2.75, 3.05) is 6.61 Å². The first-order chi connectivity index (χ1) is 21.2. The van der Waals surface area contributed by atoms with Crippen LogP contribution in [0.3, 0.4) is 0 Å². The van der Waals surface area contributed by atoms with E-state index in [-0.39, 0.29) is 36.7 Å². The number of rotatable bonds is 21. The molecule has 9 N–H and O–H groups in total. The van der Waals surface area contributed by atoms with Gasteiger partial charge in [0.15, 0.2) is 0 Å². The van der Waals surface area contributed by atoms with E-state index in [4.69, 9.17) is 5.11 Å². The minimum Gasteiger partial charge on any atom is -0.481 e. The number of nitrogens with one attached hydrogen (secondary N) is 5. The van der Waals surface area contributed by atoms with E-state index in [9.17, 15) is 44.1 Å². The summed E-state index contributed by atoms with van der Waals surface area (Å²) in [6.07, 6.45) is -3.51. The first-order valence-electron chi connectivity index (χ1n) is 15.9. The van der Waals surface area contributed by atoms with E-state index in [1.165, 1.54) is 13.8 Å². The first kappa shape index (κ1) is 42.7. The maximum Gasteiger partial charge on any atom is 0.306 e. The summed E-state index contributed by atoms with van der Waals surface area (Å²) in [4.78, 5) is 74.6. The van der Waals surface area contributed by atoms with Gasteiger partial charge in [0.2, 0.25) is 29.5 Å². The molecular formula is C31H57N5O10. The highest BCUT2D eigenvalue weighted by molar-refractivity contribution is 5.92. The zero-order valence-electron chi connectivity index (χ0n) is 28.6. The van der Waals surface area contributed by atoms with Crippen LogP contribution in [-0.4, -0.2) is 105 Å². The molecular weight excluding hydrogens is 602 g/mol. The van der Waals surface area contributed by atoms with Crippen molar-refractivity contribution in [2.45, 2.75) is 130 Å². The van der Waals surface area contributed by atoms with Gasteiger partial charge in [-0.3, -0.25) is 28.8 Å². The van der Waals surface area contributed by atoms with Crippen molar-refractivity contribution in [3.8, 4) is 0 Å². The molecule has 0 aliphatic carbocycles. The summed E-state index contributed by atoms with van der Waals surface area (Å²) in [5.41, 5.74) is 0. The van der Waals surface area contributed by atoms with Crippen LogP contribution in [0.1, 0.15) is 88.0 Å². The van der Waals surface area contributed by atoms with Crippen LogP contribution in [0, 0.1) is 23.7 Å². The van der Waals surface area contributed by atoms with Gasteiger partial charge in [-0.25, -0.2) is 0 Å². The monoisotopic (exact) mass is 659 g/mol. The second-order valence-electron chi connectivity index (χ2n) is 13.3. The summed E-state index contributed by atoms with van der Waals surface area (Å²) in [5.74, 6) is -5.12. The molecule has 0 aromatic carbocycles. The Labute approximate surface area is 272 Å². The maximum atomic E-state index is 13.4. The summed E-state index contributed by atoms with van der Waals surface area (Å²) in [7, 11) is 0. The lowest BCUT2D eigenvalue weighted by Crippen LogP contribution is -2.59. The Morgan fingerprint density at radius 1 is 0.609 bits per heavy atom. The lowest BCUT2D eigenvalue weighted by atomic mass is 9.95. The Hall–Kier alpha value is -3.30. The number of carbonyl (C=O) groups excluding carboxylic acids is 5. The van der Waals surface area contributed by atoms with E-state index >= 15 is 0 Å². The molecule has 0 radical (unpaired) electrons. The lowest BCUT2D eigenvalue weighted by molar-refractivity contribution is -0.140. The molecule has 0 aliphatic rings. The average molecular weight is 660 g/mol. The van der Waals surface area contributed by atoms with Crippen molar-refractivity contribution < 1.29 is 49.2 Å². The SMILES string of the molecule is CC(=O)N[C@@H](C(=O)N[C@@H](C(=O)N[C@@H](CC(C)C)[C@@H](O)CC(=O)N[C@@H](C)C(=O)N[C@@H](C[C@@H](C)CO)[C@H](O)CC(=O)O)C(C)C)C(C)C. The summed E-state index contributed by atoms with van der Waals surface area (Å²) in [6.45, 7) is 14.8. The van der Waals surface area contributed by atoms with Gasteiger partial charge < -0.3 is 47.0 Å². The third-order valence-corrected chi connectivity index (χ3v) is 7.38. The summed E-state index contributed by atoms with van der Waals surface area (Å²) in [6, 6.07) is -4.86. The number of carbonyl (C=O) groups is 6. The van der Waals surface area contributed by atoms with Crippen LogP contribution in [0.4, 0.5) is 0 Å². The molecule has 0 unspecified atom stereocenters. The van der Waals surface area contributed by atoms with Crippen LogP contribution < -0.4 is 26.6 Å². The van der Waals surface area contributed by atoms with Crippen LogP contribution in [0.2, 0.25) is 0 Å². The van der Waals surface area contributed by atoms with E-state index in [1.807, 2.05) is 13.8 Å². The summed E-state index contributed by atoms with van der Waals surface area (Å²) in [5, 5.41) is 52.7. The van der Waals surface area contributed by atoms with Gasteiger partial charge in [0.05, 0.1) is 37.1 Å². The van der Waals surface area contributed by atoms with Crippen LogP contribution >= 0.6 is 0 Å². The van der Waals surface area contributed by atoms with E-state index in [0.717, 1.165) is 0 Å². The van der Waals surface area contributed by atoms with Crippen LogP contribution in [-0.2, 0) is 28.8 Å². The predicted molar refractivity (Wildman–Crippen MR) is 170 cm³/mol. The molecule has 266 valence electrons. The van der Waals surface area contributed by atoms with Crippen molar-refractivity contribution in [1.82, 2.24) is 26.6 Å². The molecule has 0 heterocycles. The second kappa shape index (κ2) is 20.7. The zero-order valence-corrected chi connectivity index (χ0v) is 28.6. The van der Waals surface area contributed by atoms with Crippen molar-refractivity contribution in [2.24, 2.45) is 23.7 Å². The number of aliphatic hydroxyl groups is 3. The third kappa shape index (κ3) is 16.3. The molecule has 15 heteroatoms. The van der Waals surface area contributed by atoms with E-state index in [2.05, 4.69) is 26.6 Å². The Balaban J connectivity index is 5.57. The van der Waals surface area contributed by atoms with E-state index in [0.29, 0.717) is 6.42 Å². The molecule has 0 aliphatic heterocycles. The fourth-order valence-electron chi connectivity index (χ4n) is 4.77. The molecule has 5 amide bonds. The Morgan fingerprint density at radius 2 is 1.07 bits per heavy atom. The molecule has 0 saturated heterocycles. The quantitative estimate of drug-likeness (QED) is 0.0758. The molecule has 0 aromatic rings. The molecule has 0 aromatic heterocycles. The number of aliphatic hydroxyl groups excluding tert-OH is 3. The second-order valence-corrected chi connectivity index (χ2v) is 13.3. The van der Waals surface area contributed by atoms with Gasteiger partial charge in [-0.05, 0) is 43.4 Å². The highest BCUT2D eigenvalue weighted by Gasteiger charge is 2.33. The fourth-order valence-corrected chi connectivity index (χ4v) is 4.77. The molecule has 0 saturated carbocycles. The topological polar surface area (TPSA) is 243 Å². The van der Waals surface area contributed by atoms with Crippen LogP contribution in [0.15, 0.2) is 0 Å². The minimum atomic E-state index is -1.43. The van der Waals surface area contributed by atoms with Crippen LogP contribution in [0.25, 0.3) is 0 Å².